The fourth-order valence-corrected chi connectivity index (χ4v) is 6.96. The van der Waals surface area contributed by atoms with Crippen molar-refractivity contribution in [2.75, 3.05) is 11.6 Å². The first kappa shape index (κ1) is 31.3. The van der Waals surface area contributed by atoms with E-state index in [2.05, 4.69) is 5.32 Å². The predicted molar refractivity (Wildman–Crippen MR) is 180 cm³/mol. The van der Waals surface area contributed by atoms with Crippen LogP contribution in [0.15, 0.2) is 105 Å². The molecular weight excluding hydrogens is 624 g/mol. The minimum Gasteiger partial charge on any atom is -0.459 e. The second-order valence-corrected chi connectivity index (χ2v) is 13.0. The second-order valence-electron chi connectivity index (χ2n) is 11.1. The lowest BCUT2D eigenvalue weighted by atomic mass is 9.96. The standard InChI is InChI=1S/C35H31FN4O4S2/c1-20(2)44-34(43)31-21(3)37-35-40(32(31)22-9-15-26(45-4)16-10-22)33(42)29(46-35)17-23-18-39(28-8-6-5-7-27(23)28)19-30(41)38-25-13-11-24(36)12-14-25/h5-18,20,32H,19H2,1-4H3,(H,38,41)/b29-17-/t32-/m1/s1. The van der Waals surface area contributed by atoms with E-state index < -0.39 is 12.0 Å². The van der Waals surface area contributed by atoms with E-state index >= 15 is 0 Å². The first-order valence-electron chi connectivity index (χ1n) is 14.6. The lowest BCUT2D eigenvalue weighted by Gasteiger charge is -2.25. The lowest BCUT2D eigenvalue weighted by molar-refractivity contribution is -0.143. The molecule has 0 bridgehead atoms. The van der Waals surface area contributed by atoms with Crippen molar-refractivity contribution in [1.82, 2.24) is 9.13 Å². The summed E-state index contributed by atoms with van der Waals surface area (Å²) in [6.07, 6.45) is 5.29. The van der Waals surface area contributed by atoms with Crippen LogP contribution in [0.2, 0.25) is 0 Å². The average molecular weight is 655 g/mol. The number of thiazole rings is 1. The minimum absolute atomic E-state index is 0.0134. The zero-order valence-corrected chi connectivity index (χ0v) is 27.2. The maximum absolute atomic E-state index is 14.2. The summed E-state index contributed by atoms with van der Waals surface area (Å²) in [5, 5.41) is 3.66. The third-order valence-corrected chi connectivity index (χ3v) is 9.29. The summed E-state index contributed by atoms with van der Waals surface area (Å²) in [5.41, 5.74) is 3.39. The van der Waals surface area contributed by atoms with E-state index in [9.17, 15) is 18.8 Å². The molecule has 0 radical (unpaired) electrons. The Morgan fingerprint density at radius 2 is 1.80 bits per heavy atom. The third kappa shape index (κ3) is 6.20. The van der Waals surface area contributed by atoms with E-state index in [4.69, 9.17) is 9.73 Å². The average Bonchev–Trinajstić information content (AvgIpc) is 3.53. The summed E-state index contributed by atoms with van der Waals surface area (Å²) in [4.78, 5) is 46.7. The molecule has 1 N–H and O–H groups in total. The highest BCUT2D eigenvalue weighted by atomic mass is 32.2. The first-order valence-corrected chi connectivity index (χ1v) is 16.7. The molecule has 0 fully saturated rings. The number of esters is 1. The summed E-state index contributed by atoms with van der Waals surface area (Å²) in [5.74, 6) is -1.17. The fraction of sp³-hybridized carbons (Fsp3) is 0.200. The van der Waals surface area contributed by atoms with Gasteiger partial charge in [0.15, 0.2) is 4.80 Å². The van der Waals surface area contributed by atoms with Crippen LogP contribution in [0.1, 0.15) is 37.9 Å². The van der Waals surface area contributed by atoms with E-state index in [1.165, 1.54) is 35.6 Å². The van der Waals surface area contributed by atoms with Gasteiger partial charge in [-0.1, -0.05) is 41.7 Å². The second kappa shape index (κ2) is 12.9. The monoisotopic (exact) mass is 654 g/mol. The number of aromatic nitrogens is 2. The van der Waals surface area contributed by atoms with Crippen molar-refractivity contribution in [2.24, 2.45) is 4.99 Å². The molecule has 5 aromatic rings. The van der Waals surface area contributed by atoms with Gasteiger partial charge in [0.1, 0.15) is 12.4 Å². The summed E-state index contributed by atoms with van der Waals surface area (Å²) < 4.78 is 22.7. The molecule has 1 atom stereocenters. The van der Waals surface area contributed by atoms with Crippen molar-refractivity contribution >= 4 is 57.6 Å². The molecule has 0 spiro atoms. The van der Waals surface area contributed by atoms with E-state index in [0.29, 0.717) is 26.3 Å². The number of fused-ring (bicyclic) bond motifs is 2. The van der Waals surface area contributed by atoms with Gasteiger partial charge in [0.25, 0.3) is 5.56 Å². The Bertz CT molecular complexity index is 2180. The SMILES string of the molecule is CSc1ccc([C@@H]2C(C(=O)OC(C)C)=C(C)N=c3s/c(=C\c4cn(CC(=O)Nc5ccc(F)cc5)c5ccccc45)c(=O)n32)cc1. The quantitative estimate of drug-likeness (QED) is 0.173. The van der Waals surface area contributed by atoms with Gasteiger partial charge >= 0.3 is 5.97 Å². The Hall–Kier alpha value is -4.74. The molecule has 234 valence electrons. The van der Waals surface area contributed by atoms with E-state index in [1.807, 2.05) is 65.6 Å². The molecule has 0 saturated heterocycles. The Balaban J connectivity index is 1.43. The van der Waals surface area contributed by atoms with Crippen LogP contribution in [0.3, 0.4) is 0 Å². The van der Waals surface area contributed by atoms with E-state index in [-0.39, 0.29) is 29.9 Å². The van der Waals surface area contributed by atoms with Crippen molar-refractivity contribution in [3.8, 4) is 0 Å². The van der Waals surface area contributed by atoms with Crippen LogP contribution >= 0.6 is 23.1 Å². The number of rotatable bonds is 8. The molecule has 6 rings (SSSR count). The van der Waals surface area contributed by atoms with E-state index in [0.717, 1.165) is 26.9 Å². The molecule has 1 aliphatic heterocycles. The normalized spacial score (nSPS) is 14.8. The summed E-state index contributed by atoms with van der Waals surface area (Å²) in [7, 11) is 0. The van der Waals surface area contributed by atoms with Crippen LogP contribution in [-0.4, -0.2) is 33.4 Å². The highest BCUT2D eigenvalue weighted by Crippen LogP contribution is 2.32. The molecule has 2 aromatic heterocycles. The molecule has 46 heavy (non-hydrogen) atoms. The van der Waals surface area contributed by atoms with Crippen LogP contribution in [0, 0.1) is 5.82 Å². The van der Waals surface area contributed by atoms with Crippen molar-refractivity contribution < 1.29 is 18.7 Å². The van der Waals surface area contributed by atoms with Gasteiger partial charge < -0.3 is 14.6 Å². The number of hydrogen-bond acceptors (Lipinski definition) is 7. The van der Waals surface area contributed by atoms with Crippen LogP contribution in [0.25, 0.3) is 17.0 Å². The maximum Gasteiger partial charge on any atom is 0.338 e. The maximum atomic E-state index is 14.2. The number of allylic oxidation sites excluding steroid dienone is 1. The molecule has 8 nitrogen and oxygen atoms in total. The number of carbonyl (C=O) groups is 2. The van der Waals surface area contributed by atoms with Gasteiger partial charge in [-0.3, -0.25) is 14.2 Å². The van der Waals surface area contributed by atoms with Crippen LogP contribution < -0.4 is 20.2 Å². The van der Waals surface area contributed by atoms with Crippen molar-refractivity contribution in [3.63, 3.8) is 0 Å². The Labute approximate surface area is 272 Å². The number of carbonyl (C=O) groups excluding carboxylic acids is 2. The summed E-state index contributed by atoms with van der Waals surface area (Å²) >= 11 is 2.85. The molecular formula is C35H31FN4O4S2. The number of para-hydroxylation sites is 1. The molecule has 1 amide bonds. The third-order valence-electron chi connectivity index (χ3n) is 7.56. The molecule has 3 aromatic carbocycles. The number of anilines is 1. The smallest absolute Gasteiger partial charge is 0.338 e. The van der Waals surface area contributed by atoms with Gasteiger partial charge in [-0.05, 0) is 81.1 Å². The number of thioether (sulfide) groups is 1. The van der Waals surface area contributed by atoms with Gasteiger partial charge in [0, 0.05) is 33.2 Å². The summed E-state index contributed by atoms with van der Waals surface area (Å²) in [6.45, 7) is 5.35. The summed E-state index contributed by atoms with van der Waals surface area (Å²) in [6, 6.07) is 20.3. The highest BCUT2D eigenvalue weighted by Gasteiger charge is 2.33. The largest absolute Gasteiger partial charge is 0.459 e. The Kier molecular flexibility index (Phi) is 8.79. The molecule has 11 heteroatoms. The van der Waals surface area contributed by atoms with E-state index in [1.54, 1.807) is 43.2 Å². The number of amides is 1. The number of hydrogen-bond donors (Lipinski definition) is 1. The molecule has 0 aliphatic carbocycles. The lowest BCUT2D eigenvalue weighted by Crippen LogP contribution is -2.40. The Morgan fingerprint density at radius 1 is 1.09 bits per heavy atom. The van der Waals surface area contributed by atoms with Gasteiger partial charge in [0.2, 0.25) is 5.91 Å². The number of nitrogens with one attached hydrogen (secondary N) is 1. The van der Waals surface area contributed by atoms with Gasteiger partial charge in [-0.2, -0.15) is 0 Å². The van der Waals surface area contributed by atoms with Crippen LogP contribution in [0.5, 0.6) is 0 Å². The minimum atomic E-state index is -0.711. The molecule has 0 saturated carbocycles. The zero-order valence-electron chi connectivity index (χ0n) is 25.6. The fourth-order valence-electron chi connectivity index (χ4n) is 5.51. The Morgan fingerprint density at radius 3 is 2.50 bits per heavy atom. The molecule has 1 aliphatic rings. The molecule has 3 heterocycles. The van der Waals surface area contributed by atoms with Gasteiger partial charge in [-0.25, -0.2) is 14.2 Å². The van der Waals surface area contributed by atoms with Crippen LogP contribution in [0.4, 0.5) is 10.1 Å². The molecule has 0 unspecified atom stereocenters. The van der Waals surface area contributed by atoms with Crippen LogP contribution in [-0.2, 0) is 20.9 Å². The first-order chi connectivity index (χ1) is 22.1. The van der Waals surface area contributed by atoms with Crippen molar-refractivity contribution in [3.05, 3.63) is 127 Å². The van der Waals surface area contributed by atoms with Crippen molar-refractivity contribution in [1.29, 1.82) is 0 Å². The zero-order chi connectivity index (χ0) is 32.5. The predicted octanol–water partition coefficient (Wildman–Crippen LogP) is 5.64. The number of benzene rings is 3. The number of halogens is 1. The number of nitrogens with zero attached hydrogens (tertiary/aromatic N) is 3. The topological polar surface area (TPSA) is 94.7 Å². The van der Waals surface area contributed by atoms with Gasteiger partial charge in [0.05, 0.1) is 27.9 Å². The highest BCUT2D eigenvalue weighted by molar-refractivity contribution is 7.98. The number of ether oxygens (including phenoxy) is 1. The van der Waals surface area contributed by atoms with Crippen molar-refractivity contribution in [2.45, 2.75) is 44.4 Å². The van der Waals surface area contributed by atoms with Gasteiger partial charge in [-0.15, -0.1) is 11.8 Å².